The van der Waals surface area contributed by atoms with Gasteiger partial charge in [0.2, 0.25) is 5.91 Å². The van der Waals surface area contributed by atoms with Gasteiger partial charge in [0, 0.05) is 13.1 Å². The number of carboxylic acid groups (broad SMARTS) is 1. The molecule has 0 aliphatic rings. The minimum Gasteiger partial charge on any atom is -0.481 e. The van der Waals surface area contributed by atoms with E-state index in [1.165, 1.54) is 4.57 Å². The summed E-state index contributed by atoms with van der Waals surface area (Å²) in [5.41, 5.74) is 0.515. The third-order valence-corrected chi connectivity index (χ3v) is 5.07. The van der Waals surface area contributed by atoms with Crippen molar-refractivity contribution in [1.29, 1.82) is 0 Å². The van der Waals surface area contributed by atoms with Crippen LogP contribution in [0.15, 0.2) is 59.4 Å². The molecule has 3 rings (SSSR count). The zero-order chi connectivity index (χ0) is 20.3. The standard InChI is InChI=1S/C21H23N3O4/c1-3-23-16-11-7-8-12-17(16)24(20(23)28)13-18(25)22-14-21(2,19(26)27)15-9-5-4-6-10-15/h4-12H,3,13-14H2,1-2H3,(H,22,25)(H,26,27). The van der Waals surface area contributed by atoms with Crippen molar-refractivity contribution in [2.75, 3.05) is 6.54 Å². The lowest BCUT2D eigenvalue weighted by molar-refractivity contribution is -0.143. The van der Waals surface area contributed by atoms with Crippen molar-refractivity contribution in [3.05, 3.63) is 70.6 Å². The second-order valence-electron chi connectivity index (χ2n) is 6.88. The van der Waals surface area contributed by atoms with Gasteiger partial charge < -0.3 is 10.4 Å². The van der Waals surface area contributed by atoms with Crippen molar-refractivity contribution in [2.24, 2.45) is 0 Å². The normalized spacial score (nSPS) is 13.2. The quantitative estimate of drug-likeness (QED) is 0.654. The lowest BCUT2D eigenvalue weighted by atomic mass is 9.82. The molecule has 1 atom stereocenters. The fourth-order valence-electron chi connectivity index (χ4n) is 3.31. The van der Waals surface area contributed by atoms with Gasteiger partial charge in [-0.15, -0.1) is 0 Å². The van der Waals surface area contributed by atoms with Gasteiger partial charge in [-0.25, -0.2) is 4.79 Å². The van der Waals surface area contributed by atoms with E-state index in [1.54, 1.807) is 47.9 Å². The smallest absolute Gasteiger partial charge is 0.329 e. The van der Waals surface area contributed by atoms with Gasteiger partial charge in [-0.2, -0.15) is 0 Å². The molecular weight excluding hydrogens is 358 g/mol. The number of fused-ring (bicyclic) bond motifs is 1. The number of aromatic nitrogens is 2. The Morgan fingerprint density at radius 1 is 1.00 bits per heavy atom. The molecule has 7 nitrogen and oxygen atoms in total. The third kappa shape index (κ3) is 3.43. The maximum absolute atomic E-state index is 12.6. The molecule has 0 spiro atoms. The van der Waals surface area contributed by atoms with Crippen molar-refractivity contribution >= 4 is 22.9 Å². The average molecular weight is 381 g/mol. The topological polar surface area (TPSA) is 93.3 Å². The zero-order valence-corrected chi connectivity index (χ0v) is 15.9. The van der Waals surface area contributed by atoms with Gasteiger partial charge in [-0.3, -0.25) is 18.7 Å². The number of carbonyl (C=O) groups excluding carboxylic acids is 1. The monoisotopic (exact) mass is 381 g/mol. The van der Waals surface area contributed by atoms with Crippen LogP contribution in [0.5, 0.6) is 0 Å². The number of carboxylic acids is 1. The Labute approximate surface area is 162 Å². The Balaban J connectivity index is 1.82. The summed E-state index contributed by atoms with van der Waals surface area (Å²) in [5.74, 6) is -1.44. The average Bonchev–Trinajstić information content (AvgIpc) is 2.97. The Morgan fingerprint density at radius 2 is 1.57 bits per heavy atom. The number of imidazole rings is 1. The predicted octanol–water partition coefficient (Wildman–Crippen LogP) is 1.98. The highest BCUT2D eigenvalue weighted by Crippen LogP contribution is 2.23. The first-order chi connectivity index (χ1) is 13.4. The molecule has 0 aliphatic heterocycles. The molecule has 3 aromatic rings. The number of para-hydroxylation sites is 2. The van der Waals surface area contributed by atoms with Gasteiger partial charge in [0.25, 0.3) is 0 Å². The van der Waals surface area contributed by atoms with Crippen LogP contribution in [-0.4, -0.2) is 32.7 Å². The Kier molecular flexibility index (Phi) is 5.35. The van der Waals surface area contributed by atoms with E-state index in [0.717, 1.165) is 5.52 Å². The summed E-state index contributed by atoms with van der Waals surface area (Å²) in [6.07, 6.45) is 0. The second-order valence-corrected chi connectivity index (χ2v) is 6.88. The largest absolute Gasteiger partial charge is 0.481 e. The van der Waals surface area contributed by atoms with Crippen LogP contribution in [0, 0.1) is 0 Å². The van der Waals surface area contributed by atoms with E-state index in [2.05, 4.69) is 5.32 Å². The summed E-state index contributed by atoms with van der Waals surface area (Å²) >= 11 is 0. The number of nitrogens with zero attached hydrogens (tertiary/aromatic N) is 2. The maximum atomic E-state index is 12.6. The molecule has 7 heteroatoms. The summed E-state index contributed by atoms with van der Waals surface area (Å²) in [6, 6.07) is 16.1. The molecule has 146 valence electrons. The molecule has 0 bridgehead atoms. The number of rotatable bonds is 7. The van der Waals surface area contributed by atoms with Crippen LogP contribution in [-0.2, 0) is 28.1 Å². The molecule has 0 saturated carbocycles. The van der Waals surface area contributed by atoms with Gasteiger partial charge >= 0.3 is 11.7 Å². The Morgan fingerprint density at radius 3 is 2.14 bits per heavy atom. The molecule has 1 amide bonds. The maximum Gasteiger partial charge on any atom is 0.329 e. The molecule has 28 heavy (non-hydrogen) atoms. The van der Waals surface area contributed by atoms with Gasteiger partial charge in [0.1, 0.15) is 12.0 Å². The van der Waals surface area contributed by atoms with Crippen molar-refractivity contribution in [1.82, 2.24) is 14.5 Å². The van der Waals surface area contributed by atoms with Crippen molar-refractivity contribution in [3.63, 3.8) is 0 Å². The van der Waals surface area contributed by atoms with E-state index in [9.17, 15) is 19.5 Å². The summed E-state index contributed by atoms with van der Waals surface area (Å²) in [6.45, 7) is 3.69. The van der Waals surface area contributed by atoms with Gasteiger partial charge in [-0.05, 0) is 31.5 Å². The van der Waals surface area contributed by atoms with E-state index in [-0.39, 0.29) is 18.8 Å². The highest BCUT2D eigenvalue weighted by atomic mass is 16.4. The van der Waals surface area contributed by atoms with Crippen molar-refractivity contribution in [3.8, 4) is 0 Å². The number of aliphatic carboxylic acids is 1. The SMILES string of the molecule is CCn1c(=O)n(CC(=O)NCC(C)(C(=O)O)c2ccccc2)c2ccccc21. The minimum absolute atomic E-state index is 0.0770. The summed E-state index contributed by atoms with van der Waals surface area (Å²) in [7, 11) is 0. The summed E-state index contributed by atoms with van der Waals surface area (Å²) < 4.78 is 3.02. The fraction of sp³-hybridized carbons (Fsp3) is 0.286. The van der Waals surface area contributed by atoms with E-state index in [0.29, 0.717) is 17.6 Å². The fourth-order valence-corrected chi connectivity index (χ4v) is 3.31. The van der Waals surface area contributed by atoms with Crippen LogP contribution in [0.3, 0.4) is 0 Å². The lowest BCUT2D eigenvalue weighted by Gasteiger charge is -2.25. The van der Waals surface area contributed by atoms with Crippen LogP contribution in [0.1, 0.15) is 19.4 Å². The Hall–Kier alpha value is -3.35. The zero-order valence-electron chi connectivity index (χ0n) is 15.9. The number of benzene rings is 2. The van der Waals surface area contributed by atoms with Crippen LogP contribution in [0.2, 0.25) is 0 Å². The van der Waals surface area contributed by atoms with E-state index < -0.39 is 17.3 Å². The van der Waals surface area contributed by atoms with E-state index in [1.807, 2.05) is 25.1 Å². The predicted molar refractivity (Wildman–Crippen MR) is 106 cm³/mol. The number of nitrogens with one attached hydrogen (secondary N) is 1. The molecule has 2 N–H and O–H groups in total. The highest BCUT2D eigenvalue weighted by molar-refractivity contribution is 5.84. The van der Waals surface area contributed by atoms with Crippen LogP contribution >= 0.6 is 0 Å². The first-order valence-electron chi connectivity index (χ1n) is 9.12. The van der Waals surface area contributed by atoms with Crippen LogP contribution in [0.25, 0.3) is 11.0 Å². The molecule has 1 unspecified atom stereocenters. The molecule has 0 radical (unpaired) electrons. The van der Waals surface area contributed by atoms with Crippen LogP contribution < -0.4 is 11.0 Å². The summed E-state index contributed by atoms with van der Waals surface area (Å²) in [4.78, 5) is 37.0. The minimum atomic E-state index is -1.26. The van der Waals surface area contributed by atoms with E-state index >= 15 is 0 Å². The van der Waals surface area contributed by atoms with Crippen LogP contribution in [0.4, 0.5) is 0 Å². The molecule has 0 fully saturated rings. The third-order valence-electron chi connectivity index (χ3n) is 5.07. The molecule has 0 saturated heterocycles. The van der Waals surface area contributed by atoms with Gasteiger partial charge in [-0.1, -0.05) is 42.5 Å². The molecule has 1 aromatic heterocycles. The number of aryl methyl sites for hydroxylation is 1. The van der Waals surface area contributed by atoms with Crippen molar-refractivity contribution in [2.45, 2.75) is 32.4 Å². The highest BCUT2D eigenvalue weighted by Gasteiger charge is 2.35. The molecule has 0 aliphatic carbocycles. The van der Waals surface area contributed by atoms with Gasteiger partial charge in [0.15, 0.2) is 0 Å². The summed E-state index contributed by atoms with van der Waals surface area (Å²) in [5, 5.41) is 12.4. The number of hydrogen-bond acceptors (Lipinski definition) is 3. The first-order valence-corrected chi connectivity index (χ1v) is 9.12. The Bertz CT molecular complexity index is 1070. The molecule has 2 aromatic carbocycles. The number of amides is 1. The number of hydrogen-bond donors (Lipinski definition) is 2. The van der Waals surface area contributed by atoms with Crippen molar-refractivity contribution < 1.29 is 14.7 Å². The molecular formula is C21H23N3O4. The lowest BCUT2D eigenvalue weighted by Crippen LogP contribution is -2.45. The second kappa shape index (κ2) is 7.72. The van der Waals surface area contributed by atoms with Gasteiger partial charge in [0.05, 0.1) is 11.0 Å². The molecule has 1 heterocycles. The first kappa shape index (κ1) is 19.4. The number of carbonyl (C=O) groups is 2. The van der Waals surface area contributed by atoms with E-state index in [4.69, 9.17) is 0 Å².